The van der Waals surface area contributed by atoms with Crippen molar-refractivity contribution in [2.24, 2.45) is 9.98 Å². The zero-order valence-corrected chi connectivity index (χ0v) is 9.27. The van der Waals surface area contributed by atoms with Gasteiger partial charge < -0.3 is 0 Å². The third-order valence-corrected chi connectivity index (χ3v) is 2.68. The SMILES string of the molecule is O=C=NCC(Br)(N=C=O)c1ccccc1. The molecule has 0 saturated heterocycles. The monoisotopic (exact) mass is 266 g/mol. The first kappa shape index (κ1) is 11.5. The summed E-state index contributed by atoms with van der Waals surface area (Å²) < 4.78 is -1.02. The average Bonchev–Trinajstić information content (AvgIpc) is 2.28. The maximum Gasteiger partial charge on any atom is 0.236 e. The molecule has 0 aliphatic carbocycles. The van der Waals surface area contributed by atoms with Crippen LogP contribution in [-0.4, -0.2) is 18.7 Å². The number of rotatable bonds is 4. The van der Waals surface area contributed by atoms with E-state index >= 15 is 0 Å². The largest absolute Gasteiger partial charge is 0.236 e. The second-order valence-electron chi connectivity index (χ2n) is 2.74. The van der Waals surface area contributed by atoms with Gasteiger partial charge in [0.2, 0.25) is 12.2 Å². The number of isocyanates is 2. The van der Waals surface area contributed by atoms with Gasteiger partial charge >= 0.3 is 0 Å². The minimum atomic E-state index is -1.02. The Hall–Kier alpha value is -1.54. The molecule has 1 aromatic carbocycles. The van der Waals surface area contributed by atoms with Crippen molar-refractivity contribution in [2.45, 2.75) is 4.45 Å². The maximum absolute atomic E-state index is 10.3. The van der Waals surface area contributed by atoms with Gasteiger partial charge in [0.1, 0.15) is 0 Å². The predicted octanol–water partition coefficient (Wildman–Crippen LogP) is 1.91. The molecule has 0 spiro atoms. The summed E-state index contributed by atoms with van der Waals surface area (Å²) in [5.41, 5.74) is 0.729. The molecule has 1 atom stereocenters. The van der Waals surface area contributed by atoms with Gasteiger partial charge in [-0.1, -0.05) is 46.3 Å². The summed E-state index contributed by atoms with van der Waals surface area (Å²) in [7, 11) is 0. The van der Waals surface area contributed by atoms with E-state index in [2.05, 4.69) is 25.9 Å². The number of benzene rings is 1. The van der Waals surface area contributed by atoms with Crippen molar-refractivity contribution >= 4 is 28.1 Å². The number of hydrogen-bond acceptors (Lipinski definition) is 4. The summed E-state index contributed by atoms with van der Waals surface area (Å²) in [6, 6.07) is 8.99. The second kappa shape index (κ2) is 5.37. The Labute approximate surface area is 94.9 Å². The lowest BCUT2D eigenvalue weighted by Gasteiger charge is -2.18. The molecule has 1 unspecified atom stereocenters. The van der Waals surface area contributed by atoms with E-state index in [0.29, 0.717) is 0 Å². The van der Waals surface area contributed by atoms with Crippen molar-refractivity contribution in [1.29, 1.82) is 0 Å². The number of hydrogen-bond donors (Lipinski definition) is 0. The van der Waals surface area contributed by atoms with Gasteiger partial charge in [-0.25, -0.2) is 14.6 Å². The molecule has 0 fully saturated rings. The second-order valence-corrected chi connectivity index (χ2v) is 4.05. The summed E-state index contributed by atoms with van der Waals surface area (Å²) in [4.78, 5) is 27.3. The van der Waals surface area contributed by atoms with E-state index < -0.39 is 4.45 Å². The number of alkyl halides is 1. The molecule has 0 amide bonds. The molecule has 4 nitrogen and oxygen atoms in total. The van der Waals surface area contributed by atoms with Gasteiger partial charge in [0.25, 0.3) is 0 Å². The first-order valence-corrected chi connectivity index (χ1v) is 4.89. The topological polar surface area (TPSA) is 58.9 Å². The molecule has 15 heavy (non-hydrogen) atoms. The normalized spacial score (nSPS) is 13.1. The summed E-state index contributed by atoms with van der Waals surface area (Å²) in [5, 5.41) is 0. The van der Waals surface area contributed by atoms with E-state index in [-0.39, 0.29) is 6.54 Å². The van der Waals surface area contributed by atoms with Crippen LogP contribution in [0.1, 0.15) is 5.56 Å². The molecule has 76 valence electrons. The average molecular weight is 267 g/mol. The number of nitrogens with zero attached hydrogens (tertiary/aromatic N) is 2. The van der Waals surface area contributed by atoms with Crippen molar-refractivity contribution < 1.29 is 9.59 Å². The minimum absolute atomic E-state index is 0.00968. The van der Waals surface area contributed by atoms with Crippen molar-refractivity contribution in [3.8, 4) is 0 Å². The number of carbonyl (C=O) groups excluding carboxylic acids is 2. The van der Waals surface area contributed by atoms with Crippen molar-refractivity contribution in [1.82, 2.24) is 0 Å². The zero-order valence-electron chi connectivity index (χ0n) is 7.68. The Kier molecular flexibility index (Phi) is 4.13. The smallest absolute Gasteiger partial charge is 0.211 e. The third-order valence-electron chi connectivity index (χ3n) is 1.79. The molecule has 0 aliphatic heterocycles. The highest BCUT2D eigenvalue weighted by Gasteiger charge is 2.28. The summed E-state index contributed by atoms with van der Waals surface area (Å²) in [5.74, 6) is 0. The Morgan fingerprint density at radius 2 is 1.87 bits per heavy atom. The standard InChI is InChI=1S/C10H7BrN2O2/c11-10(13-8-15,6-12-7-14)9-4-2-1-3-5-9/h1-5H,6H2. The van der Waals surface area contributed by atoms with Crippen LogP contribution in [0.2, 0.25) is 0 Å². The number of halogens is 1. The van der Waals surface area contributed by atoms with E-state index in [1.165, 1.54) is 12.2 Å². The van der Waals surface area contributed by atoms with Crippen LogP contribution >= 0.6 is 15.9 Å². The van der Waals surface area contributed by atoms with Crippen molar-refractivity contribution in [3.63, 3.8) is 0 Å². The first-order valence-electron chi connectivity index (χ1n) is 4.10. The highest BCUT2D eigenvalue weighted by atomic mass is 79.9. The van der Waals surface area contributed by atoms with Gasteiger partial charge in [-0.2, -0.15) is 4.99 Å². The summed E-state index contributed by atoms with van der Waals surface area (Å²) in [6.07, 6.45) is 2.86. The highest BCUT2D eigenvalue weighted by molar-refractivity contribution is 9.09. The van der Waals surface area contributed by atoms with Gasteiger partial charge in [-0.3, -0.25) is 0 Å². The van der Waals surface area contributed by atoms with Crippen LogP contribution < -0.4 is 0 Å². The van der Waals surface area contributed by atoms with E-state index in [0.717, 1.165) is 5.56 Å². The third kappa shape index (κ3) is 2.96. The van der Waals surface area contributed by atoms with Crippen LogP contribution in [-0.2, 0) is 14.0 Å². The molecule has 0 aromatic heterocycles. The van der Waals surface area contributed by atoms with Gasteiger partial charge in [0.05, 0.1) is 6.54 Å². The van der Waals surface area contributed by atoms with Crippen LogP contribution in [0.5, 0.6) is 0 Å². The lowest BCUT2D eigenvalue weighted by Crippen LogP contribution is -2.18. The molecule has 0 heterocycles. The van der Waals surface area contributed by atoms with E-state index in [1.807, 2.05) is 6.07 Å². The molecule has 0 N–H and O–H groups in total. The quantitative estimate of drug-likeness (QED) is 0.362. The molecular weight excluding hydrogens is 260 g/mol. The van der Waals surface area contributed by atoms with E-state index in [4.69, 9.17) is 0 Å². The fourth-order valence-corrected chi connectivity index (χ4v) is 1.56. The van der Waals surface area contributed by atoms with Gasteiger partial charge in [-0.05, 0) is 5.56 Å². The Morgan fingerprint density at radius 3 is 2.40 bits per heavy atom. The molecule has 5 heteroatoms. The molecule has 1 rings (SSSR count). The lowest BCUT2D eigenvalue weighted by atomic mass is 10.1. The van der Waals surface area contributed by atoms with Gasteiger partial charge in [0, 0.05) is 0 Å². The Balaban J connectivity index is 3.11. The Bertz CT molecular complexity index is 422. The van der Waals surface area contributed by atoms with Crippen LogP contribution in [0.25, 0.3) is 0 Å². The van der Waals surface area contributed by atoms with Crippen molar-refractivity contribution in [2.75, 3.05) is 6.54 Å². The molecule has 0 saturated carbocycles. The molecule has 0 aliphatic rings. The fraction of sp³-hybridized carbons (Fsp3) is 0.200. The van der Waals surface area contributed by atoms with Gasteiger partial charge in [-0.15, -0.1) is 0 Å². The molecule has 1 aromatic rings. The van der Waals surface area contributed by atoms with Crippen LogP contribution in [0.15, 0.2) is 40.3 Å². The predicted molar refractivity (Wildman–Crippen MR) is 58.2 cm³/mol. The summed E-state index contributed by atoms with van der Waals surface area (Å²) in [6.45, 7) is 0.00968. The minimum Gasteiger partial charge on any atom is -0.211 e. The fourth-order valence-electron chi connectivity index (χ4n) is 1.09. The van der Waals surface area contributed by atoms with E-state index in [1.54, 1.807) is 24.3 Å². The molecule has 0 radical (unpaired) electrons. The van der Waals surface area contributed by atoms with E-state index in [9.17, 15) is 9.59 Å². The van der Waals surface area contributed by atoms with Crippen LogP contribution in [0.3, 0.4) is 0 Å². The number of aliphatic imine (C=N–C) groups is 2. The van der Waals surface area contributed by atoms with Crippen LogP contribution in [0.4, 0.5) is 0 Å². The molecular formula is C10H7BrN2O2. The highest BCUT2D eigenvalue weighted by Crippen LogP contribution is 2.32. The molecule has 0 bridgehead atoms. The summed E-state index contributed by atoms with van der Waals surface area (Å²) >= 11 is 3.25. The Morgan fingerprint density at radius 1 is 1.20 bits per heavy atom. The van der Waals surface area contributed by atoms with Crippen molar-refractivity contribution in [3.05, 3.63) is 35.9 Å². The van der Waals surface area contributed by atoms with Crippen LogP contribution in [0, 0.1) is 0 Å². The lowest BCUT2D eigenvalue weighted by molar-refractivity contribution is 0.549. The first-order chi connectivity index (χ1) is 7.23. The van der Waals surface area contributed by atoms with Gasteiger partial charge in [0.15, 0.2) is 4.45 Å². The zero-order chi connectivity index (χ0) is 11.1. The maximum atomic E-state index is 10.3.